The molecule has 136 valence electrons. The quantitative estimate of drug-likeness (QED) is 0.498. The molecule has 0 spiro atoms. The van der Waals surface area contributed by atoms with Gasteiger partial charge in [-0.1, -0.05) is 54.2 Å². The predicted molar refractivity (Wildman–Crippen MR) is 108 cm³/mol. The summed E-state index contributed by atoms with van der Waals surface area (Å²) in [6.07, 6.45) is 5.30. The summed E-state index contributed by atoms with van der Waals surface area (Å²) in [6, 6.07) is 16.3. The van der Waals surface area contributed by atoms with Gasteiger partial charge >= 0.3 is 0 Å². The second kappa shape index (κ2) is 7.80. The molecule has 2 aromatic carbocycles. The van der Waals surface area contributed by atoms with Crippen LogP contribution in [0.4, 0.5) is 11.4 Å². The fourth-order valence-electron chi connectivity index (χ4n) is 3.36. The maximum Gasteiger partial charge on any atom is 0.242 e. The SMILES string of the molecule is C=CCn1cnnc1SCC(=O)N1c2ccccc2CCc2ccccc21. The number of nitrogens with zero attached hydrogens (tertiary/aromatic N) is 4. The minimum absolute atomic E-state index is 0.0370. The molecule has 0 bridgehead atoms. The van der Waals surface area contributed by atoms with Crippen molar-refractivity contribution < 1.29 is 4.79 Å². The molecular weight excluding hydrogens is 356 g/mol. The summed E-state index contributed by atoms with van der Waals surface area (Å²) in [5.41, 5.74) is 4.34. The number of hydrogen-bond acceptors (Lipinski definition) is 4. The van der Waals surface area contributed by atoms with E-state index < -0.39 is 0 Å². The van der Waals surface area contributed by atoms with E-state index in [1.54, 1.807) is 12.4 Å². The van der Waals surface area contributed by atoms with Crippen molar-refractivity contribution in [2.75, 3.05) is 10.7 Å². The van der Waals surface area contributed by atoms with E-state index in [2.05, 4.69) is 28.9 Å². The summed E-state index contributed by atoms with van der Waals surface area (Å²) in [5, 5.41) is 8.78. The van der Waals surface area contributed by atoms with Gasteiger partial charge < -0.3 is 4.57 Å². The van der Waals surface area contributed by atoms with Crippen molar-refractivity contribution in [3.63, 3.8) is 0 Å². The number of benzene rings is 2. The monoisotopic (exact) mass is 376 g/mol. The molecule has 0 saturated carbocycles. The number of aromatic nitrogens is 3. The number of amides is 1. The van der Waals surface area contributed by atoms with E-state index in [0.717, 1.165) is 29.4 Å². The Kier molecular flexibility index (Phi) is 5.07. The summed E-state index contributed by atoms with van der Waals surface area (Å²) in [7, 11) is 0. The van der Waals surface area contributed by atoms with Gasteiger partial charge in [-0.25, -0.2) is 0 Å². The molecule has 0 aliphatic carbocycles. The Hall–Kier alpha value is -2.86. The van der Waals surface area contributed by atoms with Gasteiger partial charge in [0.2, 0.25) is 5.91 Å². The lowest BCUT2D eigenvalue weighted by atomic mass is 10.0. The Morgan fingerprint density at radius 3 is 2.33 bits per heavy atom. The number of fused-ring (bicyclic) bond motifs is 2. The Labute approximate surface area is 162 Å². The number of carbonyl (C=O) groups excluding carboxylic acids is 1. The highest BCUT2D eigenvalue weighted by Crippen LogP contribution is 2.36. The number of allylic oxidation sites excluding steroid dienone is 1. The zero-order valence-electron chi connectivity index (χ0n) is 14.9. The fraction of sp³-hybridized carbons (Fsp3) is 0.190. The van der Waals surface area contributed by atoms with Gasteiger partial charge in [-0.05, 0) is 36.1 Å². The smallest absolute Gasteiger partial charge is 0.242 e. The van der Waals surface area contributed by atoms with E-state index >= 15 is 0 Å². The standard InChI is InChI=1S/C21H20N4OS/c1-2-13-24-15-22-23-21(24)27-14-20(26)25-18-9-5-3-7-16(18)11-12-17-8-4-6-10-19(17)25/h2-10,15H,1,11-14H2. The van der Waals surface area contributed by atoms with Crippen LogP contribution in [0.2, 0.25) is 0 Å². The molecule has 4 rings (SSSR count). The van der Waals surface area contributed by atoms with Gasteiger partial charge in [0.1, 0.15) is 6.33 Å². The molecule has 0 unspecified atom stereocenters. The van der Waals surface area contributed by atoms with E-state index in [1.807, 2.05) is 45.9 Å². The van der Waals surface area contributed by atoms with Crippen LogP contribution in [0.25, 0.3) is 0 Å². The van der Waals surface area contributed by atoms with Gasteiger partial charge in [0.15, 0.2) is 5.16 Å². The normalized spacial score (nSPS) is 12.8. The number of hydrogen-bond donors (Lipinski definition) is 0. The van der Waals surface area contributed by atoms with Crippen LogP contribution in [0.15, 0.2) is 72.7 Å². The molecule has 0 N–H and O–H groups in total. The van der Waals surface area contributed by atoms with E-state index in [-0.39, 0.29) is 5.91 Å². The molecule has 0 fully saturated rings. The molecule has 2 heterocycles. The highest BCUT2D eigenvalue weighted by Gasteiger charge is 2.25. The Morgan fingerprint density at radius 2 is 1.70 bits per heavy atom. The topological polar surface area (TPSA) is 51.0 Å². The highest BCUT2D eigenvalue weighted by atomic mass is 32.2. The Morgan fingerprint density at radius 1 is 1.07 bits per heavy atom. The molecule has 0 radical (unpaired) electrons. The van der Waals surface area contributed by atoms with Crippen molar-refractivity contribution in [3.8, 4) is 0 Å². The molecule has 3 aromatic rings. The molecule has 1 aromatic heterocycles. The summed E-state index contributed by atoms with van der Waals surface area (Å²) in [5.74, 6) is 0.327. The molecule has 1 aliphatic rings. The number of rotatable bonds is 5. The van der Waals surface area contributed by atoms with Gasteiger partial charge in [0.05, 0.1) is 17.1 Å². The molecule has 0 atom stereocenters. The van der Waals surface area contributed by atoms with Crippen LogP contribution >= 0.6 is 11.8 Å². The maximum atomic E-state index is 13.3. The number of anilines is 2. The minimum Gasteiger partial charge on any atom is -0.305 e. The first-order valence-electron chi connectivity index (χ1n) is 8.88. The third kappa shape index (κ3) is 3.53. The molecular formula is C21H20N4OS. The van der Waals surface area contributed by atoms with E-state index in [0.29, 0.717) is 12.3 Å². The maximum absolute atomic E-state index is 13.3. The van der Waals surface area contributed by atoms with Gasteiger partial charge in [-0.2, -0.15) is 0 Å². The number of thioether (sulfide) groups is 1. The lowest BCUT2D eigenvalue weighted by Gasteiger charge is -2.24. The molecule has 1 amide bonds. The second-order valence-electron chi connectivity index (χ2n) is 6.33. The van der Waals surface area contributed by atoms with Crippen LogP contribution in [0, 0.1) is 0 Å². The fourth-order valence-corrected chi connectivity index (χ4v) is 4.13. The third-order valence-electron chi connectivity index (χ3n) is 4.61. The van der Waals surface area contributed by atoms with Gasteiger partial charge in [-0.3, -0.25) is 9.69 Å². The predicted octanol–water partition coefficient (Wildman–Crippen LogP) is 4.02. The summed E-state index contributed by atoms with van der Waals surface area (Å²) in [4.78, 5) is 15.1. The van der Waals surface area contributed by atoms with Gasteiger partial charge in [0, 0.05) is 6.54 Å². The third-order valence-corrected chi connectivity index (χ3v) is 5.57. The largest absolute Gasteiger partial charge is 0.305 e. The van der Waals surface area contributed by atoms with Crippen LogP contribution in [-0.4, -0.2) is 26.4 Å². The zero-order valence-corrected chi connectivity index (χ0v) is 15.7. The minimum atomic E-state index is 0.0370. The van der Waals surface area contributed by atoms with Gasteiger partial charge in [-0.15, -0.1) is 16.8 Å². The molecule has 27 heavy (non-hydrogen) atoms. The van der Waals surface area contributed by atoms with Crippen molar-refractivity contribution in [1.29, 1.82) is 0 Å². The number of aryl methyl sites for hydroxylation is 2. The van der Waals surface area contributed by atoms with Crippen molar-refractivity contribution >= 4 is 29.0 Å². The Balaban J connectivity index is 1.64. The van der Waals surface area contributed by atoms with Crippen LogP contribution in [0.1, 0.15) is 11.1 Å². The molecule has 5 nitrogen and oxygen atoms in total. The highest BCUT2D eigenvalue weighted by molar-refractivity contribution is 7.99. The van der Waals surface area contributed by atoms with E-state index in [4.69, 9.17) is 0 Å². The average Bonchev–Trinajstić information content (AvgIpc) is 3.06. The van der Waals surface area contributed by atoms with E-state index in [9.17, 15) is 4.79 Å². The zero-order chi connectivity index (χ0) is 18.6. The molecule has 0 saturated heterocycles. The number of para-hydroxylation sites is 2. The molecule has 1 aliphatic heterocycles. The Bertz CT molecular complexity index is 934. The molecule has 6 heteroatoms. The lowest BCUT2D eigenvalue weighted by Crippen LogP contribution is -2.28. The van der Waals surface area contributed by atoms with Crippen LogP contribution in [0.5, 0.6) is 0 Å². The van der Waals surface area contributed by atoms with Crippen molar-refractivity contribution in [1.82, 2.24) is 14.8 Å². The van der Waals surface area contributed by atoms with Gasteiger partial charge in [0.25, 0.3) is 0 Å². The van der Waals surface area contributed by atoms with Crippen molar-refractivity contribution in [3.05, 3.63) is 78.6 Å². The first-order valence-corrected chi connectivity index (χ1v) is 9.87. The van der Waals surface area contributed by atoms with Crippen molar-refractivity contribution in [2.24, 2.45) is 0 Å². The first kappa shape index (κ1) is 17.5. The second-order valence-corrected chi connectivity index (χ2v) is 7.27. The average molecular weight is 376 g/mol. The number of carbonyl (C=O) groups is 1. The van der Waals surface area contributed by atoms with Crippen LogP contribution in [0.3, 0.4) is 0 Å². The van der Waals surface area contributed by atoms with Crippen LogP contribution < -0.4 is 4.90 Å². The summed E-state index contributed by atoms with van der Waals surface area (Å²) < 4.78 is 1.88. The van der Waals surface area contributed by atoms with Crippen LogP contribution in [-0.2, 0) is 24.2 Å². The summed E-state index contributed by atoms with van der Waals surface area (Å²) >= 11 is 1.40. The first-order chi connectivity index (χ1) is 13.3. The van der Waals surface area contributed by atoms with Crippen molar-refractivity contribution in [2.45, 2.75) is 24.5 Å². The van der Waals surface area contributed by atoms with E-state index in [1.165, 1.54) is 22.9 Å². The summed E-state index contributed by atoms with van der Waals surface area (Å²) in [6.45, 7) is 4.37. The lowest BCUT2D eigenvalue weighted by molar-refractivity contribution is -0.115.